The lowest BCUT2D eigenvalue weighted by Gasteiger charge is -2.20. The van der Waals surface area contributed by atoms with Crippen LogP contribution in [0.4, 0.5) is 4.79 Å². The van der Waals surface area contributed by atoms with E-state index in [9.17, 15) is 4.79 Å². The minimum absolute atomic E-state index is 0.224. The van der Waals surface area contributed by atoms with E-state index in [1.807, 2.05) is 4.90 Å². The molecule has 0 bridgehead atoms. The van der Waals surface area contributed by atoms with Gasteiger partial charge in [0.2, 0.25) is 0 Å². The summed E-state index contributed by atoms with van der Waals surface area (Å²) < 4.78 is 0. The minimum atomic E-state index is -0.224. The monoisotopic (exact) mass is 481 g/mol. The summed E-state index contributed by atoms with van der Waals surface area (Å²) in [7, 11) is 0. The Hall–Kier alpha value is -0.730. The minimum Gasteiger partial charge on any atom is -0.351 e. The molecule has 0 aliphatic rings. The lowest BCUT2D eigenvalue weighted by Crippen LogP contribution is -2.37. The van der Waals surface area contributed by atoms with Crippen LogP contribution in [0.1, 0.15) is 181 Å². The van der Waals surface area contributed by atoms with Gasteiger partial charge in [0.25, 0.3) is 0 Å². The maximum Gasteiger partial charge on any atom is 0.314 e. The molecule has 3 nitrogen and oxygen atoms in total. The number of carbonyl (C=O) groups excluding carboxylic acids is 1. The Balaban J connectivity index is 3.41. The van der Waals surface area contributed by atoms with Gasteiger partial charge in [-0.05, 0) is 12.8 Å². The third-order valence-electron chi connectivity index (χ3n) is 7.37. The molecule has 0 fully saturated rings. The third kappa shape index (κ3) is 25.9. The van der Waals surface area contributed by atoms with Crippen molar-refractivity contribution in [1.82, 2.24) is 4.90 Å². The number of rotatable bonds is 28. The van der Waals surface area contributed by atoms with Gasteiger partial charge in [-0.2, -0.15) is 0 Å². The smallest absolute Gasteiger partial charge is 0.314 e. The number of unbranched alkanes of at least 4 members (excludes halogenated alkanes) is 24. The van der Waals surface area contributed by atoms with Crippen molar-refractivity contribution >= 4 is 6.03 Å². The second-order valence-electron chi connectivity index (χ2n) is 10.8. The molecule has 0 aromatic heterocycles. The quantitative estimate of drug-likeness (QED) is 0.111. The van der Waals surface area contributed by atoms with Crippen LogP contribution in [-0.4, -0.2) is 24.0 Å². The zero-order valence-electron chi connectivity index (χ0n) is 23.7. The zero-order valence-corrected chi connectivity index (χ0v) is 23.7. The fourth-order valence-electron chi connectivity index (χ4n) is 4.97. The molecule has 204 valence electrons. The first-order valence-electron chi connectivity index (χ1n) is 15.8. The molecule has 34 heavy (non-hydrogen) atoms. The van der Waals surface area contributed by atoms with E-state index in [0.717, 1.165) is 25.9 Å². The lowest BCUT2D eigenvalue weighted by atomic mass is 10.0. The number of carbonyl (C=O) groups is 1. The molecule has 3 heteroatoms. The second kappa shape index (κ2) is 28.5. The topological polar surface area (TPSA) is 46.3 Å². The normalized spacial score (nSPS) is 11.2. The van der Waals surface area contributed by atoms with Crippen LogP contribution in [0.3, 0.4) is 0 Å². The van der Waals surface area contributed by atoms with Gasteiger partial charge in [-0.15, -0.1) is 0 Å². The summed E-state index contributed by atoms with van der Waals surface area (Å²) in [4.78, 5) is 13.6. The van der Waals surface area contributed by atoms with Gasteiger partial charge in [-0.3, -0.25) is 0 Å². The lowest BCUT2D eigenvalue weighted by molar-refractivity contribution is 0.204. The van der Waals surface area contributed by atoms with Crippen LogP contribution >= 0.6 is 0 Å². The highest BCUT2D eigenvalue weighted by Crippen LogP contribution is 2.14. The third-order valence-corrected chi connectivity index (χ3v) is 7.37. The molecule has 0 atom stereocenters. The van der Waals surface area contributed by atoms with Gasteiger partial charge in [0, 0.05) is 13.1 Å². The van der Waals surface area contributed by atoms with Gasteiger partial charge >= 0.3 is 6.03 Å². The van der Waals surface area contributed by atoms with E-state index in [1.54, 1.807) is 0 Å². The number of nitrogens with two attached hydrogens (primary N) is 1. The Bertz CT molecular complexity index is 369. The van der Waals surface area contributed by atoms with E-state index in [2.05, 4.69) is 13.8 Å². The molecule has 2 amide bonds. The Morgan fingerprint density at radius 1 is 0.412 bits per heavy atom. The van der Waals surface area contributed by atoms with Crippen LogP contribution < -0.4 is 5.73 Å². The van der Waals surface area contributed by atoms with E-state index in [1.165, 1.54) is 154 Å². The van der Waals surface area contributed by atoms with Crippen LogP contribution in [0.2, 0.25) is 0 Å². The van der Waals surface area contributed by atoms with Gasteiger partial charge < -0.3 is 10.6 Å². The molecule has 0 saturated carbocycles. The van der Waals surface area contributed by atoms with Crippen LogP contribution in [0.25, 0.3) is 0 Å². The maximum absolute atomic E-state index is 11.7. The molecule has 0 aromatic carbocycles. The molecule has 0 aliphatic heterocycles. The Morgan fingerprint density at radius 2 is 0.618 bits per heavy atom. The fraction of sp³-hybridized carbons (Fsp3) is 0.968. The van der Waals surface area contributed by atoms with E-state index in [0.29, 0.717) is 0 Å². The summed E-state index contributed by atoms with van der Waals surface area (Å²) in [6, 6.07) is -0.224. The van der Waals surface area contributed by atoms with E-state index < -0.39 is 0 Å². The molecule has 0 heterocycles. The van der Waals surface area contributed by atoms with Gasteiger partial charge in [0.1, 0.15) is 0 Å². The summed E-state index contributed by atoms with van der Waals surface area (Å²) >= 11 is 0. The first-order chi connectivity index (χ1) is 16.7. The number of primary amides is 1. The van der Waals surface area contributed by atoms with Crippen LogP contribution in [0.15, 0.2) is 0 Å². The molecule has 0 radical (unpaired) electrons. The van der Waals surface area contributed by atoms with Crippen molar-refractivity contribution in [3.8, 4) is 0 Å². The standard InChI is InChI=1S/C31H64N2O/c1-3-5-7-9-11-13-15-17-19-21-23-25-27-29-33(31(32)34)30-28-26-24-22-20-18-16-14-12-10-8-6-4-2/h3-30H2,1-2H3,(H2,32,34). The molecular formula is C31H64N2O. The highest BCUT2D eigenvalue weighted by Gasteiger charge is 2.08. The predicted octanol–water partition coefficient (Wildman–Crippen LogP) is 10.5. The molecule has 0 spiro atoms. The molecular weight excluding hydrogens is 416 g/mol. The summed E-state index contributed by atoms with van der Waals surface area (Å²) in [5, 5.41) is 0. The van der Waals surface area contributed by atoms with Crippen molar-refractivity contribution in [2.24, 2.45) is 5.73 Å². The van der Waals surface area contributed by atoms with Crippen molar-refractivity contribution in [3.63, 3.8) is 0 Å². The van der Waals surface area contributed by atoms with Crippen molar-refractivity contribution in [2.75, 3.05) is 13.1 Å². The second-order valence-corrected chi connectivity index (χ2v) is 10.8. The average molecular weight is 481 g/mol. The average Bonchev–Trinajstić information content (AvgIpc) is 2.83. The first kappa shape index (κ1) is 33.3. The molecule has 2 N–H and O–H groups in total. The summed E-state index contributed by atoms with van der Waals surface area (Å²) in [5.74, 6) is 0. The number of amides is 2. The molecule has 0 saturated heterocycles. The maximum atomic E-state index is 11.7. The summed E-state index contributed by atoms with van der Waals surface area (Å²) in [5.41, 5.74) is 5.62. The van der Waals surface area contributed by atoms with Crippen LogP contribution in [-0.2, 0) is 0 Å². The van der Waals surface area contributed by atoms with Gasteiger partial charge in [0.05, 0.1) is 0 Å². The van der Waals surface area contributed by atoms with Gasteiger partial charge in [-0.1, -0.05) is 168 Å². The highest BCUT2D eigenvalue weighted by atomic mass is 16.2. The Labute approximate surface area is 215 Å². The summed E-state index contributed by atoms with van der Waals surface area (Å²) in [6.45, 7) is 6.27. The Morgan fingerprint density at radius 3 is 0.824 bits per heavy atom. The van der Waals surface area contributed by atoms with E-state index in [-0.39, 0.29) is 6.03 Å². The molecule has 0 aromatic rings. The van der Waals surface area contributed by atoms with Crippen molar-refractivity contribution in [1.29, 1.82) is 0 Å². The molecule has 0 unspecified atom stereocenters. The van der Waals surface area contributed by atoms with Crippen LogP contribution in [0.5, 0.6) is 0 Å². The van der Waals surface area contributed by atoms with Crippen LogP contribution in [0, 0.1) is 0 Å². The predicted molar refractivity (Wildman–Crippen MR) is 153 cm³/mol. The highest BCUT2D eigenvalue weighted by molar-refractivity contribution is 5.71. The van der Waals surface area contributed by atoms with Crippen molar-refractivity contribution in [2.45, 2.75) is 181 Å². The molecule has 0 aliphatic carbocycles. The largest absolute Gasteiger partial charge is 0.351 e. The number of nitrogens with zero attached hydrogens (tertiary/aromatic N) is 1. The number of urea groups is 1. The summed E-state index contributed by atoms with van der Waals surface area (Å²) in [6.07, 6.45) is 35.4. The zero-order chi connectivity index (χ0) is 25.0. The SMILES string of the molecule is CCCCCCCCCCCCCCCN(CCCCCCCCCCCCCCC)C(N)=O. The number of hydrogen-bond donors (Lipinski definition) is 1. The molecule has 0 rings (SSSR count). The first-order valence-corrected chi connectivity index (χ1v) is 15.8. The van der Waals surface area contributed by atoms with E-state index in [4.69, 9.17) is 5.73 Å². The fourth-order valence-corrected chi connectivity index (χ4v) is 4.97. The van der Waals surface area contributed by atoms with Gasteiger partial charge in [-0.25, -0.2) is 4.79 Å². The van der Waals surface area contributed by atoms with Gasteiger partial charge in [0.15, 0.2) is 0 Å². The number of hydrogen-bond acceptors (Lipinski definition) is 1. The van der Waals surface area contributed by atoms with Crippen molar-refractivity contribution in [3.05, 3.63) is 0 Å². The Kier molecular flexibility index (Phi) is 27.9. The van der Waals surface area contributed by atoms with E-state index >= 15 is 0 Å². The van der Waals surface area contributed by atoms with Crippen molar-refractivity contribution < 1.29 is 4.79 Å².